The van der Waals surface area contributed by atoms with E-state index in [1.54, 1.807) is 17.5 Å². The molecule has 1 saturated heterocycles. The van der Waals surface area contributed by atoms with E-state index in [1.165, 1.54) is 11.0 Å². The van der Waals surface area contributed by atoms with Crippen molar-refractivity contribution >= 4 is 44.2 Å². The Balaban J connectivity index is 1.99. The highest BCUT2D eigenvalue weighted by Gasteiger charge is 2.39. The van der Waals surface area contributed by atoms with Crippen molar-refractivity contribution in [2.24, 2.45) is 4.40 Å². The first-order chi connectivity index (χ1) is 11.5. The summed E-state index contributed by atoms with van der Waals surface area (Å²) in [6.07, 6.45) is 1.55. The van der Waals surface area contributed by atoms with Gasteiger partial charge in [-0.2, -0.15) is 8.42 Å². The third-order valence-electron chi connectivity index (χ3n) is 3.31. The highest BCUT2D eigenvalue weighted by Crippen LogP contribution is 2.40. The molecule has 0 bridgehead atoms. The lowest BCUT2D eigenvalue weighted by Gasteiger charge is -2.13. The molecule has 0 saturated carbocycles. The number of carbonyl (C=O) groups excluding carboxylic acids is 1. The standard InChI is InChI=1S/C16H14N2O3S3/c1-2-10-18-15(19)14(12-7-4-3-5-8-12)23-16(18)17-24(20,21)13-9-6-11-22-13/h2-9,11,14H,1,10H2/t14-/m0/s1. The van der Waals surface area contributed by atoms with Crippen molar-refractivity contribution in [2.45, 2.75) is 9.46 Å². The number of nitrogens with zero attached hydrogens (tertiary/aromatic N) is 2. The Labute approximate surface area is 148 Å². The number of hydrogen-bond acceptors (Lipinski definition) is 5. The number of rotatable bonds is 5. The van der Waals surface area contributed by atoms with Gasteiger partial charge < -0.3 is 0 Å². The molecule has 5 nitrogen and oxygen atoms in total. The molecule has 1 aromatic carbocycles. The maximum atomic E-state index is 12.7. The zero-order valence-electron chi connectivity index (χ0n) is 12.5. The van der Waals surface area contributed by atoms with E-state index in [9.17, 15) is 13.2 Å². The summed E-state index contributed by atoms with van der Waals surface area (Å²) >= 11 is 2.25. The molecule has 2 aromatic rings. The van der Waals surface area contributed by atoms with Gasteiger partial charge in [-0.1, -0.05) is 54.2 Å². The second-order valence-electron chi connectivity index (χ2n) is 4.93. The van der Waals surface area contributed by atoms with Crippen LogP contribution in [0.5, 0.6) is 0 Å². The Hall–Kier alpha value is -1.90. The number of carbonyl (C=O) groups is 1. The highest BCUT2D eigenvalue weighted by molar-refractivity contribution is 8.15. The zero-order chi connectivity index (χ0) is 17.2. The fourth-order valence-corrected chi connectivity index (χ4v) is 5.57. The van der Waals surface area contributed by atoms with Gasteiger partial charge in [-0.15, -0.1) is 22.3 Å². The quantitative estimate of drug-likeness (QED) is 0.749. The zero-order valence-corrected chi connectivity index (χ0v) is 15.0. The van der Waals surface area contributed by atoms with Crippen LogP contribution >= 0.6 is 23.1 Å². The average molecular weight is 379 g/mol. The lowest BCUT2D eigenvalue weighted by Crippen LogP contribution is -2.30. The minimum Gasteiger partial charge on any atom is -0.285 e. The molecule has 124 valence electrons. The summed E-state index contributed by atoms with van der Waals surface area (Å²) in [5.41, 5.74) is 0.820. The maximum Gasteiger partial charge on any atom is 0.294 e. The lowest BCUT2D eigenvalue weighted by molar-refractivity contribution is -0.125. The second-order valence-corrected chi connectivity index (χ2v) is 8.78. The number of amidine groups is 1. The van der Waals surface area contributed by atoms with Crippen molar-refractivity contribution in [2.75, 3.05) is 6.54 Å². The molecular weight excluding hydrogens is 364 g/mol. The number of hydrogen-bond donors (Lipinski definition) is 0. The second kappa shape index (κ2) is 6.92. The topological polar surface area (TPSA) is 66.8 Å². The minimum absolute atomic E-state index is 0.157. The van der Waals surface area contributed by atoms with Gasteiger partial charge in [0.1, 0.15) is 9.46 Å². The average Bonchev–Trinajstić information content (AvgIpc) is 3.20. The Morgan fingerprint density at radius 1 is 1.21 bits per heavy atom. The summed E-state index contributed by atoms with van der Waals surface area (Å²) in [5, 5.41) is 1.36. The van der Waals surface area contributed by atoms with E-state index < -0.39 is 15.3 Å². The van der Waals surface area contributed by atoms with E-state index in [4.69, 9.17) is 0 Å². The van der Waals surface area contributed by atoms with Gasteiger partial charge in [0, 0.05) is 6.54 Å². The molecule has 0 radical (unpaired) electrons. The molecule has 0 aliphatic carbocycles. The first-order valence-corrected chi connectivity index (χ1v) is 10.3. The number of thioether (sulfide) groups is 1. The molecule has 0 spiro atoms. The monoisotopic (exact) mass is 378 g/mol. The first-order valence-electron chi connectivity index (χ1n) is 7.05. The molecule has 1 aliphatic rings. The molecular formula is C16H14N2O3S3. The van der Waals surface area contributed by atoms with Crippen LogP contribution in [0.15, 0.2) is 69.1 Å². The summed E-state index contributed by atoms with van der Waals surface area (Å²) in [5.74, 6) is -0.189. The molecule has 1 aromatic heterocycles. The molecule has 1 fully saturated rings. The normalized spacial score (nSPS) is 19.8. The van der Waals surface area contributed by atoms with Crippen molar-refractivity contribution in [1.82, 2.24) is 4.90 Å². The van der Waals surface area contributed by atoms with Gasteiger partial charge in [0.25, 0.3) is 10.0 Å². The third kappa shape index (κ3) is 3.31. The number of benzene rings is 1. The molecule has 1 amide bonds. The van der Waals surface area contributed by atoms with Crippen LogP contribution in [0.25, 0.3) is 0 Å². The SMILES string of the molecule is C=CCN1C(=O)[C@H](c2ccccc2)SC1=NS(=O)(=O)c1cccs1. The predicted octanol–water partition coefficient (Wildman–Crippen LogP) is 3.30. The summed E-state index contributed by atoms with van der Waals surface area (Å²) in [6, 6.07) is 12.4. The van der Waals surface area contributed by atoms with Gasteiger partial charge in [0.15, 0.2) is 5.17 Å². The molecule has 1 atom stereocenters. The fraction of sp³-hybridized carbons (Fsp3) is 0.125. The van der Waals surface area contributed by atoms with Gasteiger partial charge in [0.05, 0.1) is 0 Å². The lowest BCUT2D eigenvalue weighted by atomic mass is 10.1. The number of sulfonamides is 1. The maximum absolute atomic E-state index is 12.7. The highest BCUT2D eigenvalue weighted by atomic mass is 32.2. The smallest absolute Gasteiger partial charge is 0.285 e. The van der Waals surface area contributed by atoms with E-state index >= 15 is 0 Å². The Morgan fingerprint density at radius 3 is 2.58 bits per heavy atom. The van der Waals surface area contributed by atoms with Crippen molar-refractivity contribution in [1.29, 1.82) is 0 Å². The van der Waals surface area contributed by atoms with E-state index in [0.717, 1.165) is 28.7 Å². The summed E-state index contributed by atoms with van der Waals surface area (Å²) in [4.78, 5) is 14.0. The van der Waals surface area contributed by atoms with Crippen LogP contribution in [0.3, 0.4) is 0 Å². The minimum atomic E-state index is -3.82. The largest absolute Gasteiger partial charge is 0.294 e. The number of thiophene rings is 1. The van der Waals surface area contributed by atoms with Crippen LogP contribution in [-0.2, 0) is 14.8 Å². The van der Waals surface area contributed by atoms with Crippen molar-refractivity contribution in [3.8, 4) is 0 Å². The van der Waals surface area contributed by atoms with Crippen LogP contribution in [-0.4, -0.2) is 30.9 Å². The van der Waals surface area contributed by atoms with Gasteiger partial charge in [-0.3, -0.25) is 9.69 Å². The molecule has 8 heteroatoms. The van der Waals surface area contributed by atoms with Crippen LogP contribution < -0.4 is 0 Å². The third-order valence-corrected chi connectivity index (χ3v) is 7.29. The van der Waals surface area contributed by atoms with Crippen LogP contribution in [0, 0.1) is 0 Å². The van der Waals surface area contributed by atoms with Gasteiger partial charge >= 0.3 is 0 Å². The van der Waals surface area contributed by atoms with E-state index in [1.807, 2.05) is 30.3 Å². The first kappa shape index (κ1) is 16.9. The summed E-state index contributed by atoms with van der Waals surface area (Å²) in [6.45, 7) is 3.85. The molecule has 1 aliphatic heterocycles. The van der Waals surface area contributed by atoms with E-state index in [2.05, 4.69) is 11.0 Å². The van der Waals surface area contributed by atoms with E-state index in [0.29, 0.717) is 0 Å². The van der Waals surface area contributed by atoms with Crippen molar-refractivity contribution < 1.29 is 13.2 Å². The molecule has 3 rings (SSSR count). The number of amides is 1. The van der Waals surface area contributed by atoms with Gasteiger partial charge in [-0.05, 0) is 17.0 Å². The van der Waals surface area contributed by atoms with Gasteiger partial charge in [0.2, 0.25) is 5.91 Å². The van der Waals surface area contributed by atoms with Crippen LogP contribution in [0.4, 0.5) is 0 Å². The summed E-state index contributed by atoms with van der Waals surface area (Å²) in [7, 11) is -3.82. The Morgan fingerprint density at radius 2 is 1.96 bits per heavy atom. The molecule has 0 unspecified atom stereocenters. The van der Waals surface area contributed by atoms with Crippen molar-refractivity contribution in [3.05, 3.63) is 66.1 Å². The Kier molecular flexibility index (Phi) is 4.88. The van der Waals surface area contributed by atoms with Gasteiger partial charge in [-0.25, -0.2) is 0 Å². The van der Waals surface area contributed by atoms with Crippen molar-refractivity contribution in [3.63, 3.8) is 0 Å². The fourth-order valence-electron chi connectivity index (χ4n) is 2.22. The molecule has 2 heterocycles. The molecule has 0 N–H and O–H groups in total. The van der Waals surface area contributed by atoms with E-state index in [-0.39, 0.29) is 21.8 Å². The van der Waals surface area contributed by atoms with Crippen LogP contribution in [0.1, 0.15) is 10.8 Å². The summed E-state index contributed by atoms with van der Waals surface area (Å²) < 4.78 is 28.8. The van der Waals surface area contributed by atoms with Crippen LogP contribution in [0.2, 0.25) is 0 Å². The Bertz CT molecular complexity index is 875. The predicted molar refractivity (Wildman–Crippen MR) is 97.6 cm³/mol. The molecule has 24 heavy (non-hydrogen) atoms.